The summed E-state index contributed by atoms with van der Waals surface area (Å²) in [4.78, 5) is 2.52. The quantitative estimate of drug-likeness (QED) is 0.785. The van der Waals surface area contributed by atoms with Crippen molar-refractivity contribution in [3.8, 4) is 0 Å². The fourth-order valence-corrected chi connectivity index (χ4v) is 3.12. The van der Waals surface area contributed by atoms with Crippen molar-refractivity contribution in [2.75, 3.05) is 26.2 Å². The zero-order chi connectivity index (χ0) is 12.5. The smallest absolute Gasteiger partial charge is 0.123 e. The summed E-state index contributed by atoms with van der Waals surface area (Å²) in [7, 11) is 0. The van der Waals surface area contributed by atoms with Crippen molar-refractivity contribution in [2.45, 2.75) is 25.0 Å². The van der Waals surface area contributed by atoms with Gasteiger partial charge in [-0.1, -0.05) is 23.2 Å². The third-order valence-corrected chi connectivity index (χ3v) is 4.26. The van der Waals surface area contributed by atoms with E-state index < -0.39 is 0 Å². The molecule has 0 aliphatic carbocycles. The predicted octanol–water partition coefficient (Wildman–Crippen LogP) is 1.83. The standard InChI is InChI=1S/C12H17Cl2N3O/c13-11-3-4-12(14)17(15-11)7-10-6-16-5-1-2-9(16)8-18-10/h3-4,9-10,15H,1-2,5-8H2. The third-order valence-electron chi connectivity index (χ3n) is 3.71. The number of fused-ring (bicyclic) bond motifs is 1. The first-order valence-corrected chi connectivity index (χ1v) is 7.11. The van der Waals surface area contributed by atoms with E-state index in [1.807, 2.05) is 5.01 Å². The molecule has 1 N–H and O–H groups in total. The van der Waals surface area contributed by atoms with Crippen LogP contribution in [0.1, 0.15) is 12.8 Å². The molecule has 0 aromatic carbocycles. The van der Waals surface area contributed by atoms with E-state index >= 15 is 0 Å². The average molecular weight is 290 g/mol. The van der Waals surface area contributed by atoms with Gasteiger partial charge in [0.05, 0.1) is 19.3 Å². The van der Waals surface area contributed by atoms with E-state index in [4.69, 9.17) is 27.9 Å². The second-order valence-electron chi connectivity index (χ2n) is 4.97. The van der Waals surface area contributed by atoms with E-state index in [0.29, 0.717) is 22.9 Å². The Kier molecular flexibility index (Phi) is 3.71. The van der Waals surface area contributed by atoms with Crippen molar-refractivity contribution in [1.82, 2.24) is 15.3 Å². The molecule has 0 aromatic rings. The van der Waals surface area contributed by atoms with E-state index in [2.05, 4.69) is 10.3 Å². The normalized spacial score (nSPS) is 32.7. The molecule has 0 radical (unpaired) electrons. The Balaban J connectivity index is 1.57. The number of hydrogen-bond donors (Lipinski definition) is 1. The van der Waals surface area contributed by atoms with Gasteiger partial charge in [0.2, 0.25) is 0 Å². The lowest BCUT2D eigenvalue weighted by atomic mass is 10.2. The summed E-state index contributed by atoms with van der Waals surface area (Å²) < 4.78 is 5.91. The first-order valence-electron chi connectivity index (χ1n) is 6.35. The Morgan fingerprint density at radius 1 is 1.39 bits per heavy atom. The summed E-state index contributed by atoms with van der Waals surface area (Å²) >= 11 is 12.1. The molecule has 100 valence electrons. The molecule has 2 saturated heterocycles. The molecule has 2 atom stereocenters. The molecule has 2 unspecified atom stereocenters. The van der Waals surface area contributed by atoms with Crippen LogP contribution in [0.15, 0.2) is 22.5 Å². The van der Waals surface area contributed by atoms with Crippen LogP contribution in [0, 0.1) is 0 Å². The largest absolute Gasteiger partial charge is 0.373 e. The molecule has 0 saturated carbocycles. The molecular formula is C12H17Cl2N3O. The average Bonchev–Trinajstić information content (AvgIpc) is 2.81. The lowest BCUT2D eigenvalue weighted by Gasteiger charge is -2.38. The molecule has 3 aliphatic heterocycles. The molecule has 0 spiro atoms. The van der Waals surface area contributed by atoms with Crippen LogP contribution < -0.4 is 5.43 Å². The number of hydrazine groups is 1. The van der Waals surface area contributed by atoms with E-state index in [9.17, 15) is 0 Å². The minimum Gasteiger partial charge on any atom is -0.373 e. The minimum absolute atomic E-state index is 0.177. The van der Waals surface area contributed by atoms with E-state index in [0.717, 1.165) is 13.2 Å². The summed E-state index contributed by atoms with van der Waals surface area (Å²) in [6, 6.07) is 0.630. The number of rotatable bonds is 2. The zero-order valence-corrected chi connectivity index (χ0v) is 11.6. The Morgan fingerprint density at radius 2 is 2.28 bits per heavy atom. The second kappa shape index (κ2) is 5.29. The zero-order valence-electron chi connectivity index (χ0n) is 10.1. The Hall–Kier alpha value is -0.420. The van der Waals surface area contributed by atoms with Crippen molar-refractivity contribution >= 4 is 23.2 Å². The highest BCUT2D eigenvalue weighted by atomic mass is 35.5. The second-order valence-corrected chi connectivity index (χ2v) is 5.77. The van der Waals surface area contributed by atoms with Gasteiger partial charge in [-0.3, -0.25) is 15.3 Å². The van der Waals surface area contributed by atoms with Crippen LogP contribution in [0.3, 0.4) is 0 Å². The molecule has 0 amide bonds. The summed E-state index contributed by atoms with van der Waals surface area (Å²) in [6.45, 7) is 3.72. The van der Waals surface area contributed by atoms with Crippen molar-refractivity contribution in [1.29, 1.82) is 0 Å². The monoisotopic (exact) mass is 289 g/mol. The summed E-state index contributed by atoms with van der Waals surface area (Å²) in [5, 5.41) is 3.06. The molecule has 0 aromatic heterocycles. The highest BCUT2D eigenvalue weighted by molar-refractivity contribution is 6.31. The molecule has 0 bridgehead atoms. The molecular weight excluding hydrogens is 273 g/mol. The number of halogens is 2. The van der Waals surface area contributed by atoms with Gasteiger partial charge in [0.25, 0.3) is 0 Å². The van der Waals surface area contributed by atoms with Gasteiger partial charge < -0.3 is 4.74 Å². The first-order chi connectivity index (χ1) is 8.72. The van der Waals surface area contributed by atoms with Crippen molar-refractivity contribution in [3.05, 3.63) is 22.5 Å². The summed E-state index contributed by atoms with van der Waals surface area (Å²) in [5.41, 5.74) is 3.03. The maximum Gasteiger partial charge on any atom is 0.123 e. The predicted molar refractivity (Wildman–Crippen MR) is 72.0 cm³/mol. The first kappa shape index (κ1) is 12.6. The third kappa shape index (κ3) is 2.62. The van der Waals surface area contributed by atoms with E-state index in [1.54, 1.807) is 12.2 Å². The van der Waals surface area contributed by atoms with Crippen LogP contribution >= 0.6 is 23.2 Å². The fraction of sp³-hybridized carbons (Fsp3) is 0.667. The van der Waals surface area contributed by atoms with Gasteiger partial charge in [-0.15, -0.1) is 0 Å². The fourth-order valence-electron chi connectivity index (χ4n) is 2.78. The Labute approximate surface area is 117 Å². The van der Waals surface area contributed by atoms with Gasteiger partial charge in [0.15, 0.2) is 0 Å². The van der Waals surface area contributed by atoms with Gasteiger partial charge in [-0.2, -0.15) is 0 Å². The van der Waals surface area contributed by atoms with Gasteiger partial charge in [0.1, 0.15) is 10.3 Å². The van der Waals surface area contributed by atoms with Crippen molar-refractivity contribution in [3.63, 3.8) is 0 Å². The van der Waals surface area contributed by atoms with Gasteiger partial charge in [-0.25, -0.2) is 0 Å². The number of nitrogens with zero attached hydrogens (tertiary/aromatic N) is 2. The Morgan fingerprint density at radius 3 is 3.17 bits per heavy atom. The van der Waals surface area contributed by atoms with Crippen LogP contribution in [0.4, 0.5) is 0 Å². The molecule has 3 rings (SSSR count). The number of hydrogen-bond acceptors (Lipinski definition) is 4. The minimum atomic E-state index is 0.177. The van der Waals surface area contributed by atoms with Crippen LogP contribution in [-0.2, 0) is 4.74 Å². The molecule has 3 aliphatic rings. The summed E-state index contributed by atoms with van der Waals surface area (Å²) in [6.07, 6.45) is 6.28. The molecule has 6 heteroatoms. The van der Waals surface area contributed by atoms with Crippen LogP contribution in [-0.4, -0.2) is 48.3 Å². The lowest BCUT2D eigenvalue weighted by Crippen LogP contribution is -2.51. The van der Waals surface area contributed by atoms with Crippen LogP contribution in [0.5, 0.6) is 0 Å². The maximum absolute atomic E-state index is 6.13. The topological polar surface area (TPSA) is 27.7 Å². The number of morpholine rings is 1. The van der Waals surface area contributed by atoms with Gasteiger partial charge in [0, 0.05) is 12.6 Å². The number of ether oxygens (including phenoxy) is 1. The SMILES string of the molecule is ClC1=CC=C(Cl)N(CC2CN3CCCC3CO2)N1. The Bertz CT molecular complexity index is 386. The van der Waals surface area contributed by atoms with Gasteiger partial charge in [-0.05, 0) is 31.5 Å². The molecule has 3 heterocycles. The number of nitrogens with one attached hydrogen (secondary N) is 1. The highest BCUT2D eigenvalue weighted by Crippen LogP contribution is 2.24. The lowest BCUT2D eigenvalue weighted by molar-refractivity contribution is -0.0603. The van der Waals surface area contributed by atoms with E-state index in [1.165, 1.54) is 19.4 Å². The van der Waals surface area contributed by atoms with E-state index in [-0.39, 0.29) is 6.10 Å². The number of allylic oxidation sites excluding steroid dienone is 2. The molecule has 18 heavy (non-hydrogen) atoms. The summed E-state index contributed by atoms with van der Waals surface area (Å²) in [5.74, 6) is 0. The van der Waals surface area contributed by atoms with Crippen LogP contribution in [0.25, 0.3) is 0 Å². The van der Waals surface area contributed by atoms with Gasteiger partial charge >= 0.3 is 0 Å². The molecule has 2 fully saturated rings. The van der Waals surface area contributed by atoms with Crippen LogP contribution in [0.2, 0.25) is 0 Å². The maximum atomic E-state index is 6.13. The van der Waals surface area contributed by atoms with Crippen molar-refractivity contribution in [2.24, 2.45) is 0 Å². The van der Waals surface area contributed by atoms with Crippen molar-refractivity contribution < 1.29 is 4.74 Å². The highest BCUT2D eigenvalue weighted by Gasteiger charge is 2.33. The molecule has 4 nitrogen and oxygen atoms in total.